The number of amides is 1. The van der Waals surface area contributed by atoms with E-state index in [0.717, 1.165) is 47.6 Å². The predicted molar refractivity (Wildman–Crippen MR) is 109 cm³/mol. The molecular weight excluding hydrogens is 366 g/mol. The molecular formula is C22H19N5O2. The number of rotatable bonds is 2. The van der Waals surface area contributed by atoms with Crippen molar-refractivity contribution in [2.75, 3.05) is 19.6 Å². The molecule has 1 amide bonds. The number of para-hydroxylation sites is 1. The number of aromatic amines is 1. The van der Waals surface area contributed by atoms with Crippen molar-refractivity contribution < 1.29 is 9.21 Å². The lowest BCUT2D eigenvalue weighted by Gasteiger charge is -2.32. The number of carbonyl (C=O) groups is 1. The molecule has 0 radical (unpaired) electrons. The van der Waals surface area contributed by atoms with Crippen molar-refractivity contribution in [3.63, 3.8) is 0 Å². The Morgan fingerprint density at radius 3 is 2.90 bits per heavy atom. The fourth-order valence-corrected chi connectivity index (χ4v) is 4.45. The van der Waals surface area contributed by atoms with Crippen molar-refractivity contribution in [3.8, 4) is 23.0 Å². The molecule has 144 valence electrons. The van der Waals surface area contributed by atoms with E-state index in [-0.39, 0.29) is 11.3 Å². The van der Waals surface area contributed by atoms with Gasteiger partial charge in [-0.15, -0.1) is 0 Å². The Hall–Kier alpha value is -3.45. The number of nitrogens with one attached hydrogen (secondary N) is 3. The number of furan rings is 1. The van der Waals surface area contributed by atoms with Crippen LogP contribution in [0.15, 0.2) is 53.1 Å². The van der Waals surface area contributed by atoms with Gasteiger partial charge in [-0.3, -0.25) is 4.79 Å². The highest BCUT2D eigenvalue weighted by molar-refractivity contribution is 5.98. The standard InChI is InChI=1S/C22H19N5O2/c28-21-14-10-16(26-19(14)22(12-25-21)6-8-23-11-22)15-5-7-24-20(27-15)18-9-13-3-1-2-4-17(13)29-18/h1-5,7,9-10,23,26H,6,8,11-12H2,(H,25,28). The van der Waals surface area contributed by atoms with Gasteiger partial charge in [0.15, 0.2) is 11.6 Å². The van der Waals surface area contributed by atoms with E-state index in [0.29, 0.717) is 23.7 Å². The molecule has 0 bridgehead atoms. The van der Waals surface area contributed by atoms with Gasteiger partial charge in [-0.25, -0.2) is 9.97 Å². The molecule has 7 heteroatoms. The van der Waals surface area contributed by atoms with Crippen LogP contribution in [0.5, 0.6) is 0 Å². The summed E-state index contributed by atoms with van der Waals surface area (Å²) in [6.45, 7) is 2.46. The Morgan fingerprint density at radius 1 is 1.10 bits per heavy atom. The zero-order valence-electron chi connectivity index (χ0n) is 15.7. The molecule has 1 saturated heterocycles. The molecule has 2 aliphatic rings. The molecule has 6 rings (SSSR count). The van der Waals surface area contributed by atoms with Gasteiger partial charge in [-0.2, -0.15) is 0 Å². The molecule has 5 heterocycles. The van der Waals surface area contributed by atoms with E-state index in [2.05, 4.69) is 20.6 Å². The molecule has 7 nitrogen and oxygen atoms in total. The summed E-state index contributed by atoms with van der Waals surface area (Å²) in [5, 5.41) is 7.48. The molecule has 4 aromatic rings. The van der Waals surface area contributed by atoms with Gasteiger partial charge in [-0.05, 0) is 37.2 Å². The number of nitrogens with zero attached hydrogens (tertiary/aromatic N) is 2. The molecule has 1 fully saturated rings. The Labute approximate surface area is 166 Å². The van der Waals surface area contributed by atoms with Crippen LogP contribution in [0, 0.1) is 0 Å². The van der Waals surface area contributed by atoms with Gasteiger partial charge < -0.3 is 20.0 Å². The maximum absolute atomic E-state index is 12.5. The minimum atomic E-state index is -0.0733. The van der Waals surface area contributed by atoms with Crippen LogP contribution < -0.4 is 10.6 Å². The second-order valence-electron chi connectivity index (χ2n) is 7.78. The summed E-state index contributed by atoms with van der Waals surface area (Å²) < 4.78 is 5.91. The van der Waals surface area contributed by atoms with E-state index in [1.807, 2.05) is 42.5 Å². The molecule has 1 spiro atoms. The van der Waals surface area contributed by atoms with Crippen LogP contribution in [0.2, 0.25) is 0 Å². The van der Waals surface area contributed by atoms with E-state index in [4.69, 9.17) is 9.40 Å². The van der Waals surface area contributed by atoms with E-state index in [9.17, 15) is 4.79 Å². The number of aromatic nitrogens is 3. The van der Waals surface area contributed by atoms with Gasteiger partial charge in [0, 0.05) is 35.8 Å². The minimum Gasteiger partial charge on any atom is -0.453 e. The zero-order chi connectivity index (χ0) is 19.4. The Kier molecular flexibility index (Phi) is 3.43. The number of fused-ring (bicyclic) bond motifs is 3. The van der Waals surface area contributed by atoms with Crippen LogP contribution >= 0.6 is 0 Å². The maximum atomic E-state index is 12.5. The van der Waals surface area contributed by atoms with Crippen molar-refractivity contribution in [2.45, 2.75) is 11.8 Å². The van der Waals surface area contributed by atoms with E-state index >= 15 is 0 Å². The van der Waals surface area contributed by atoms with E-state index in [1.54, 1.807) is 6.20 Å². The van der Waals surface area contributed by atoms with Crippen LogP contribution in [-0.2, 0) is 5.41 Å². The van der Waals surface area contributed by atoms with Crippen molar-refractivity contribution in [1.29, 1.82) is 0 Å². The topological polar surface area (TPSA) is 95.8 Å². The lowest BCUT2D eigenvalue weighted by atomic mass is 9.79. The largest absolute Gasteiger partial charge is 0.453 e. The number of carbonyl (C=O) groups excluding carboxylic acids is 1. The molecule has 2 aliphatic heterocycles. The zero-order valence-corrected chi connectivity index (χ0v) is 15.7. The molecule has 0 aliphatic carbocycles. The van der Waals surface area contributed by atoms with Crippen LogP contribution in [-0.4, -0.2) is 40.5 Å². The highest BCUT2D eigenvalue weighted by atomic mass is 16.3. The Bertz CT molecular complexity index is 1220. The number of benzene rings is 1. The molecule has 0 saturated carbocycles. The first-order chi connectivity index (χ1) is 14.2. The van der Waals surface area contributed by atoms with Gasteiger partial charge in [0.1, 0.15) is 5.58 Å². The highest BCUT2D eigenvalue weighted by Crippen LogP contribution is 2.37. The minimum absolute atomic E-state index is 0.0356. The lowest BCUT2D eigenvalue weighted by Crippen LogP contribution is -2.48. The second kappa shape index (κ2) is 6.02. The summed E-state index contributed by atoms with van der Waals surface area (Å²) in [6.07, 6.45) is 2.71. The number of H-pyrrole nitrogens is 1. The summed E-state index contributed by atoms with van der Waals surface area (Å²) in [5.74, 6) is 1.11. The fraction of sp³-hybridized carbons (Fsp3) is 0.227. The number of hydrogen-bond acceptors (Lipinski definition) is 5. The van der Waals surface area contributed by atoms with Crippen LogP contribution in [0.4, 0.5) is 0 Å². The smallest absolute Gasteiger partial charge is 0.253 e. The quantitative estimate of drug-likeness (QED) is 0.493. The molecule has 3 N–H and O–H groups in total. The van der Waals surface area contributed by atoms with Crippen molar-refractivity contribution in [3.05, 3.63) is 59.9 Å². The highest BCUT2D eigenvalue weighted by Gasteiger charge is 2.43. The SMILES string of the molecule is O=C1NCC2(CCNC2)c2[nH]c(-c3ccnc(-c4cc5ccccc5o4)n3)cc21. The molecule has 1 atom stereocenters. The van der Waals surface area contributed by atoms with Crippen molar-refractivity contribution in [2.24, 2.45) is 0 Å². The summed E-state index contributed by atoms with van der Waals surface area (Å²) in [7, 11) is 0. The Balaban J connectivity index is 1.44. The summed E-state index contributed by atoms with van der Waals surface area (Å²) in [5.41, 5.74) is 4.00. The van der Waals surface area contributed by atoms with Crippen LogP contribution in [0.3, 0.4) is 0 Å². The van der Waals surface area contributed by atoms with Gasteiger partial charge in [0.05, 0.1) is 17.0 Å². The van der Waals surface area contributed by atoms with Crippen molar-refractivity contribution >= 4 is 16.9 Å². The predicted octanol–water partition coefficient (Wildman–Crippen LogP) is 2.86. The van der Waals surface area contributed by atoms with Crippen LogP contribution in [0.1, 0.15) is 22.5 Å². The summed E-state index contributed by atoms with van der Waals surface area (Å²) >= 11 is 0. The average molecular weight is 385 g/mol. The summed E-state index contributed by atoms with van der Waals surface area (Å²) in [4.78, 5) is 25.1. The average Bonchev–Trinajstić information content (AvgIpc) is 3.49. The second-order valence-corrected chi connectivity index (χ2v) is 7.78. The lowest BCUT2D eigenvalue weighted by molar-refractivity contribution is 0.0926. The first kappa shape index (κ1) is 16.5. The normalized spacial score (nSPS) is 20.9. The van der Waals surface area contributed by atoms with E-state index < -0.39 is 0 Å². The first-order valence-electron chi connectivity index (χ1n) is 9.77. The third kappa shape index (κ3) is 2.51. The third-order valence-corrected chi connectivity index (χ3v) is 6.00. The Morgan fingerprint density at radius 2 is 2.03 bits per heavy atom. The maximum Gasteiger partial charge on any atom is 0.253 e. The van der Waals surface area contributed by atoms with Gasteiger partial charge in [0.25, 0.3) is 5.91 Å². The van der Waals surface area contributed by atoms with Crippen LogP contribution in [0.25, 0.3) is 33.9 Å². The monoisotopic (exact) mass is 385 g/mol. The molecule has 29 heavy (non-hydrogen) atoms. The van der Waals surface area contributed by atoms with Gasteiger partial charge in [0.2, 0.25) is 0 Å². The van der Waals surface area contributed by atoms with Gasteiger partial charge in [-0.1, -0.05) is 18.2 Å². The van der Waals surface area contributed by atoms with Gasteiger partial charge >= 0.3 is 0 Å². The van der Waals surface area contributed by atoms with Crippen molar-refractivity contribution in [1.82, 2.24) is 25.6 Å². The first-order valence-corrected chi connectivity index (χ1v) is 9.77. The molecule has 1 unspecified atom stereocenters. The fourth-order valence-electron chi connectivity index (χ4n) is 4.45. The molecule has 3 aromatic heterocycles. The number of hydrogen-bond donors (Lipinski definition) is 3. The van der Waals surface area contributed by atoms with E-state index in [1.165, 1.54) is 0 Å². The molecule has 1 aromatic carbocycles. The third-order valence-electron chi connectivity index (χ3n) is 6.00. The summed E-state index contributed by atoms with van der Waals surface area (Å²) in [6, 6.07) is 13.5.